The number of methoxy groups -OCH3 is 1. The molecule has 1 saturated heterocycles. The summed E-state index contributed by atoms with van der Waals surface area (Å²) in [7, 11) is 1.67. The van der Waals surface area contributed by atoms with Crippen LogP contribution in [0.5, 0.6) is 5.75 Å². The Morgan fingerprint density at radius 2 is 1.92 bits per heavy atom. The number of nitrogens with zero attached hydrogens (tertiary/aromatic N) is 1. The average Bonchev–Trinajstić information content (AvgIpc) is 3.57. The quantitative estimate of drug-likeness (QED) is 0.863. The molecule has 134 valence electrons. The lowest BCUT2D eigenvalue weighted by molar-refractivity contribution is -0.139. The second-order valence-corrected chi connectivity index (χ2v) is 7.69. The maximum Gasteiger partial charge on any atom is 0.242 e. The predicted octanol–water partition coefficient (Wildman–Crippen LogP) is 2.24. The molecule has 1 heterocycles. The standard InChI is InChI=1S/C20H26N2O3/c1-25-16-8-6-15(7-9-16)20(10-11-20)13-21-18(23)17-3-2-12-22(17)19(24)14-4-5-14/h6-9,14,17H,2-5,10-13H2,1H3,(H,21,23)/t17-/m0/s1. The fourth-order valence-corrected chi connectivity index (χ4v) is 3.90. The van der Waals surface area contributed by atoms with Crippen LogP contribution in [0.25, 0.3) is 0 Å². The van der Waals surface area contributed by atoms with Crippen molar-refractivity contribution in [2.75, 3.05) is 20.2 Å². The maximum absolute atomic E-state index is 12.7. The van der Waals surface area contributed by atoms with Crippen LogP contribution in [-0.2, 0) is 15.0 Å². The summed E-state index contributed by atoms with van der Waals surface area (Å²) >= 11 is 0. The summed E-state index contributed by atoms with van der Waals surface area (Å²) in [6, 6.07) is 7.88. The van der Waals surface area contributed by atoms with Crippen molar-refractivity contribution in [3.05, 3.63) is 29.8 Å². The van der Waals surface area contributed by atoms with Gasteiger partial charge in [-0.3, -0.25) is 9.59 Å². The van der Waals surface area contributed by atoms with E-state index < -0.39 is 0 Å². The SMILES string of the molecule is COc1ccc(C2(CNC(=O)[C@@H]3CCCN3C(=O)C3CC3)CC2)cc1. The highest BCUT2D eigenvalue weighted by atomic mass is 16.5. The molecule has 3 fully saturated rings. The van der Waals surface area contributed by atoms with Crippen LogP contribution in [0.3, 0.4) is 0 Å². The van der Waals surface area contributed by atoms with Gasteiger partial charge in [-0.15, -0.1) is 0 Å². The number of rotatable bonds is 6. The number of ether oxygens (including phenoxy) is 1. The van der Waals surface area contributed by atoms with Crippen LogP contribution in [0.4, 0.5) is 0 Å². The molecule has 1 aromatic carbocycles. The van der Waals surface area contributed by atoms with Crippen LogP contribution in [0, 0.1) is 5.92 Å². The lowest BCUT2D eigenvalue weighted by atomic mass is 9.95. The first-order valence-electron chi connectivity index (χ1n) is 9.36. The fraction of sp³-hybridized carbons (Fsp3) is 0.600. The Balaban J connectivity index is 1.37. The van der Waals surface area contributed by atoms with Crippen LogP contribution >= 0.6 is 0 Å². The predicted molar refractivity (Wildman–Crippen MR) is 94.4 cm³/mol. The Bertz CT molecular complexity index is 662. The Labute approximate surface area is 148 Å². The molecule has 2 amide bonds. The van der Waals surface area contributed by atoms with E-state index in [0.29, 0.717) is 6.54 Å². The summed E-state index contributed by atoms with van der Waals surface area (Å²) in [5.74, 6) is 1.24. The highest BCUT2D eigenvalue weighted by Gasteiger charge is 2.46. The molecule has 1 aliphatic heterocycles. The van der Waals surface area contributed by atoms with Gasteiger partial charge in [-0.1, -0.05) is 12.1 Å². The largest absolute Gasteiger partial charge is 0.497 e. The molecule has 5 heteroatoms. The molecular weight excluding hydrogens is 316 g/mol. The summed E-state index contributed by atoms with van der Waals surface area (Å²) in [5.41, 5.74) is 1.32. The van der Waals surface area contributed by atoms with Crippen molar-refractivity contribution in [1.29, 1.82) is 0 Å². The minimum atomic E-state index is -0.264. The molecule has 0 radical (unpaired) electrons. The second-order valence-electron chi connectivity index (χ2n) is 7.69. The van der Waals surface area contributed by atoms with Gasteiger partial charge in [-0.2, -0.15) is 0 Å². The Kier molecular flexibility index (Phi) is 4.18. The number of nitrogens with one attached hydrogen (secondary N) is 1. The van der Waals surface area contributed by atoms with E-state index in [-0.39, 0.29) is 29.2 Å². The summed E-state index contributed by atoms with van der Waals surface area (Å²) in [6.45, 7) is 1.39. The first-order chi connectivity index (χ1) is 12.1. The van der Waals surface area contributed by atoms with Gasteiger partial charge in [0.25, 0.3) is 0 Å². The number of carbonyl (C=O) groups excluding carboxylic acids is 2. The zero-order chi connectivity index (χ0) is 17.4. The van der Waals surface area contributed by atoms with Crippen LogP contribution < -0.4 is 10.1 Å². The van der Waals surface area contributed by atoms with Gasteiger partial charge in [0.2, 0.25) is 11.8 Å². The lowest BCUT2D eigenvalue weighted by Crippen LogP contribution is -2.48. The summed E-state index contributed by atoms with van der Waals surface area (Å²) in [4.78, 5) is 26.9. The van der Waals surface area contributed by atoms with Crippen molar-refractivity contribution in [3.63, 3.8) is 0 Å². The van der Waals surface area contributed by atoms with E-state index in [9.17, 15) is 9.59 Å². The molecule has 25 heavy (non-hydrogen) atoms. The Hall–Kier alpha value is -2.04. The molecule has 2 saturated carbocycles. The van der Waals surface area contributed by atoms with E-state index in [1.807, 2.05) is 17.0 Å². The molecular formula is C20H26N2O3. The minimum absolute atomic E-state index is 0.0197. The number of benzene rings is 1. The van der Waals surface area contributed by atoms with Gasteiger partial charge in [0, 0.05) is 24.4 Å². The van der Waals surface area contributed by atoms with Crippen LogP contribution in [0.2, 0.25) is 0 Å². The maximum atomic E-state index is 12.7. The van der Waals surface area contributed by atoms with Crippen molar-refractivity contribution in [2.24, 2.45) is 5.92 Å². The van der Waals surface area contributed by atoms with Gasteiger partial charge in [-0.05, 0) is 56.2 Å². The molecule has 5 nitrogen and oxygen atoms in total. The Morgan fingerprint density at radius 1 is 1.20 bits per heavy atom. The number of hydrogen-bond donors (Lipinski definition) is 1. The van der Waals surface area contributed by atoms with E-state index in [1.165, 1.54) is 5.56 Å². The number of likely N-dealkylation sites (tertiary alicyclic amines) is 1. The Morgan fingerprint density at radius 3 is 2.52 bits per heavy atom. The number of amides is 2. The van der Waals surface area contributed by atoms with Gasteiger partial charge in [0.1, 0.15) is 11.8 Å². The molecule has 4 rings (SSSR count). The van der Waals surface area contributed by atoms with E-state index >= 15 is 0 Å². The lowest BCUT2D eigenvalue weighted by Gasteiger charge is -2.25. The van der Waals surface area contributed by atoms with Crippen molar-refractivity contribution in [3.8, 4) is 5.75 Å². The van der Waals surface area contributed by atoms with Crippen LogP contribution in [-0.4, -0.2) is 43.0 Å². The highest BCUT2D eigenvalue weighted by molar-refractivity contribution is 5.90. The summed E-state index contributed by atoms with van der Waals surface area (Å²) in [5, 5.41) is 3.13. The summed E-state index contributed by atoms with van der Waals surface area (Å²) in [6.07, 6.45) is 5.89. The number of carbonyl (C=O) groups is 2. The van der Waals surface area contributed by atoms with Gasteiger partial charge in [-0.25, -0.2) is 0 Å². The third-order valence-corrected chi connectivity index (χ3v) is 5.92. The fourth-order valence-electron chi connectivity index (χ4n) is 3.90. The van der Waals surface area contributed by atoms with Gasteiger partial charge >= 0.3 is 0 Å². The van der Waals surface area contributed by atoms with Crippen molar-refractivity contribution >= 4 is 11.8 Å². The third kappa shape index (κ3) is 3.24. The topological polar surface area (TPSA) is 58.6 Å². The average molecular weight is 342 g/mol. The van der Waals surface area contributed by atoms with Gasteiger partial charge in [0.15, 0.2) is 0 Å². The second kappa shape index (κ2) is 6.36. The molecule has 2 aliphatic carbocycles. The normalized spacial score (nSPS) is 24.0. The molecule has 3 aliphatic rings. The van der Waals surface area contributed by atoms with E-state index in [1.54, 1.807) is 7.11 Å². The van der Waals surface area contributed by atoms with Crippen molar-refractivity contribution < 1.29 is 14.3 Å². The molecule has 0 spiro atoms. The smallest absolute Gasteiger partial charge is 0.242 e. The van der Waals surface area contributed by atoms with Crippen molar-refractivity contribution in [1.82, 2.24) is 10.2 Å². The number of hydrogen-bond acceptors (Lipinski definition) is 3. The highest BCUT2D eigenvalue weighted by Crippen LogP contribution is 2.48. The first kappa shape index (κ1) is 16.4. The van der Waals surface area contributed by atoms with E-state index in [4.69, 9.17) is 4.74 Å². The van der Waals surface area contributed by atoms with E-state index in [2.05, 4.69) is 17.4 Å². The monoisotopic (exact) mass is 342 g/mol. The third-order valence-electron chi connectivity index (χ3n) is 5.92. The molecule has 1 atom stereocenters. The molecule has 1 aromatic rings. The first-order valence-corrected chi connectivity index (χ1v) is 9.36. The zero-order valence-electron chi connectivity index (χ0n) is 14.8. The molecule has 1 N–H and O–H groups in total. The van der Waals surface area contributed by atoms with Gasteiger partial charge in [0.05, 0.1) is 7.11 Å². The summed E-state index contributed by atoms with van der Waals surface area (Å²) < 4.78 is 5.22. The van der Waals surface area contributed by atoms with E-state index in [0.717, 1.165) is 50.8 Å². The zero-order valence-corrected chi connectivity index (χ0v) is 14.8. The van der Waals surface area contributed by atoms with Gasteiger partial charge < -0.3 is 15.0 Å². The van der Waals surface area contributed by atoms with Crippen LogP contribution in [0.15, 0.2) is 24.3 Å². The van der Waals surface area contributed by atoms with Crippen molar-refractivity contribution in [2.45, 2.75) is 50.0 Å². The molecule has 0 aromatic heterocycles. The van der Waals surface area contributed by atoms with Crippen LogP contribution in [0.1, 0.15) is 44.1 Å². The minimum Gasteiger partial charge on any atom is -0.497 e. The molecule has 0 unspecified atom stereocenters. The molecule has 0 bridgehead atoms.